The van der Waals surface area contributed by atoms with E-state index < -0.39 is 24.1 Å². The van der Waals surface area contributed by atoms with Gasteiger partial charge < -0.3 is 25.1 Å². The monoisotopic (exact) mass is 448 g/mol. The Morgan fingerprint density at radius 1 is 1.03 bits per heavy atom. The second-order valence-corrected chi connectivity index (χ2v) is 7.22. The standard InChI is InChI=1S/C24H21FN4O4/c1-14-4-3-5-20(32-2)23(14)29-22(31)13-21(30)28-15-6-7-19(17(25)12-15)33-18-9-11-27-24-16(18)8-10-26-24/h3-12H,13H2,1-2H3,(H,26,27)(H,28,30)(H,29,31). The second kappa shape index (κ2) is 9.39. The lowest BCUT2D eigenvalue weighted by Gasteiger charge is -2.13. The number of nitrogens with zero attached hydrogens (tertiary/aromatic N) is 1. The van der Waals surface area contributed by atoms with Gasteiger partial charge in [-0.05, 0) is 42.8 Å². The summed E-state index contributed by atoms with van der Waals surface area (Å²) < 4.78 is 25.5. The molecule has 0 fully saturated rings. The highest BCUT2D eigenvalue weighted by Gasteiger charge is 2.15. The Bertz CT molecular complexity index is 1340. The molecule has 2 heterocycles. The van der Waals surface area contributed by atoms with Gasteiger partial charge in [-0.15, -0.1) is 0 Å². The maximum absolute atomic E-state index is 14.6. The normalized spacial score (nSPS) is 10.6. The molecule has 0 spiro atoms. The van der Waals surface area contributed by atoms with Crippen LogP contribution in [0.3, 0.4) is 0 Å². The summed E-state index contributed by atoms with van der Waals surface area (Å²) in [5.74, 6) is -0.841. The Kier molecular flexibility index (Phi) is 6.21. The number of methoxy groups -OCH3 is 1. The van der Waals surface area contributed by atoms with Crippen molar-refractivity contribution in [2.75, 3.05) is 17.7 Å². The molecule has 9 heteroatoms. The number of para-hydroxylation sites is 1. The number of aromatic nitrogens is 2. The van der Waals surface area contributed by atoms with Crippen molar-refractivity contribution in [3.63, 3.8) is 0 Å². The fraction of sp³-hybridized carbons (Fsp3) is 0.125. The summed E-state index contributed by atoms with van der Waals surface area (Å²) in [6, 6.07) is 12.8. The number of benzene rings is 2. The Morgan fingerprint density at radius 3 is 2.64 bits per heavy atom. The van der Waals surface area contributed by atoms with E-state index in [1.165, 1.54) is 19.2 Å². The maximum atomic E-state index is 14.6. The molecular weight excluding hydrogens is 427 g/mol. The molecule has 0 aliphatic rings. The number of carbonyl (C=O) groups is 2. The lowest BCUT2D eigenvalue weighted by Crippen LogP contribution is -2.22. The summed E-state index contributed by atoms with van der Waals surface area (Å²) in [7, 11) is 1.49. The molecule has 0 bridgehead atoms. The van der Waals surface area contributed by atoms with Gasteiger partial charge in [0, 0.05) is 24.1 Å². The van der Waals surface area contributed by atoms with Crippen LogP contribution in [0.15, 0.2) is 60.9 Å². The first kappa shape index (κ1) is 21.8. The number of nitrogens with one attached hydrogen (secondary N) is 3. The smallest absolute Gasteiger partial charge is 0.233 e. The number of anilines is 2. The average molecular weight is 448 g/mol. The summed E-state index contributed by atoms with van der Waals surface area (Å²) in [6.07, 6.45) is 2.82. The number of amides is 2. The molecule has 0 aliphatic heterocycles. The van der Waals surface area contributed by atoms with Gasteiger partial charge in [-0.1, -0.05) is 12.1 Å². The Morgan fingerprint density at radius 2 is 1.85 bits per heavy atom. The lowest BCUT2D eigenvalue weighted by atomic mass is 10.2. The molecule has 0 saturated heterocycles. The third-order valence-electron chi connectivity index (χ3n) is 4.90. The molecule has 0 atom stereocenters. The molecule has 4 aromatic rings. The largest absolute Gasteiger partial charge is 0.495 e. The number of aromatic amines is 1. The van der Waals surface area contributed by atoms with E-state index in [0.29, 0.717) is 28.2 Å². The van der Waals surface area contributed by atoms with Crippen LogP contribution in [0.1, 0.15) is 12.0 Å². The van der Waals surface area contributed by atoms with E-state index in [9.17, 15) is 14.0 Å². The number of hydrogen-bond donors (Lipinski definition) is 3. The highest BCUT2D eigenvalue weighted by Crippen LogP contribution is 2.31. The van der Waals surface area contributed by atoms with Crippen LogP contribution < -0.4 is 20.1 Å². The molecule has 0 unspecified atom stereocenters. The molecule has 3 N–H and O–H groups in total. The Balaban J connectivity index is 1.39. The van der Waals surface area contributed by atoms with Crippen LogP contribution in [0.5, 0.6) is 17.2 Å². The van der Waals surface area contributed by atoms with E-state index in [-0.39, 0.29) is 11.4 Å². The van der Waals surface area contributed by atoms with Crippen LogP contribution in [-0.4, -0.2) is 28.9 Å². The lowest BCUT2D eigenvalue weighted by molar-refractivity contribution is -0.123. The number of rotatable bonds is 7. The van der Waals surface area contributed by atoms with Crippen molar-refractivity contribution in [1.29, 1.82) is 0 Å². The number of carbonyl (C=O) groups excluding carboxylic acids is 2. The summed E-state index contributed by atoms with van der Waals surface area (Å²) >= 11 is 0. The first-order valence-electron chi connectivity index (χ1n) is 10.1. The van der Waals surface area contributed by atoms with Crippen molar-refractivity contribution >= 4 is 34.2 Å². The summed E-state index contributed by atoms with van der Waals surface area (Å²) in [6.45, 7) is 1.82. The van der Waals surface area contributed by atoms with Gasteiger partial charge in [0.15, 0.2) is 11.6 Å². The maximum Gasteiger partial charge on any atom is 0.233 e. The van der Waals surface area contributed by atoms with Gasteiger partial charge in [0.1, 0.15) is 23.6 Å². The molecule has 0 radical (unpaired) electrons. The number of hydrogen-bond acceptors (Lipinski definition) is 5. The SMILES string of the molecule is COc1cccc(C)c1NC(=O)CC(=O)Nc1ccc(Oc2ccnc3[nH]ccc23)c(F)c1. The van der Waals surface area contributed by atoms with E-state index in [0.717, 1.165) is 11.6 Å². The van der Waals surface area contributed by atoms with E-state index in [1.807, 2.05) is 13.0 Å². The van der Waals surface area contributed by atoms with Gasteiger partial charge in [-0.3, -0.25) is 9.59 Å². The van der Waals surface area contributed by atoms with Crippen LogP contribution in [0.25, 0.3) is 11.0 Å². The van der Waals surface area contributed by atoms with Crippen molar-refractivity contribution in [3.05, 3.63) is 72.3 Å². The topological polar surface area (TPSA) is 105 Å². The number of H-pyrrole nitrogens is 1. The third-order valence-corrected chi connectivity index (χ3v) is 4.90. The first-order chi connectivity index (χ1) is 15.9. The number of ether oxygens (including phenoxy) is 2. The van der Waals surface area contributed by atoms with Crippen LogP contribution in [0.2, 0.25) is 0 Å². The van der Waals surface area contributed by atoms with Crippen LogP contribution in [0, 0.1) is 12.7 Å². The number of pyridine rings is 1. The minimum atomic E-state index is -0.664. The predicted octanol–water partition coefficient (Wildman–Crippen LogP) is 4.78. The molecule has 0 aliphatic carbocycles. The quantitative estimate of drug-likeness (QED) is 0.353. The Labute approximate surface area is 188 Å². The van der Waals surface area contributed by atoms with Crippen molar-refractivity contribution < 1.29 is 23.5 Å². The molecule has 4 rings (SSSR count). The average Bonchev–Trinajstić information content (AvgIpc) is 3.27. The molecule has 0 saturated carbocycles. The molecule has 2 aromatic carbocycles. The van der Waals surface area contributed by atoms with Crippen LogP contribution in [-0.2, 0) is 9.59 Å². The highest BCUT2D eigenvalue weighted by atomic mass is 19.1. The molecular formula is C24H21FN4O4. The number of aryl methyl sites for hydroxylation is 1. The van der Waals surface area contributed by atoms with Gasteiger partial charge in [-0.2, -0.15) is 0 Å². The predicted molar refractivity (Wildman–Crippen MR) is 122 cm³/mol. The molecule has 2 aromatic heterocycles. The molecule has 33 heavy (non-hydrogen) atoms. The van der Waals surface area contributed by atoms with Crippen molar-refractivity contribution in [3.8, 4) is 17.2 Å². The van der Waals surface area contributed by atoms with Gasteiger partial charge >= 0.3 is 0 Å². The molecule has 168 valence electrons. The Hall–Kier alpha value is -4.40. The molecule has 2 amide bonds. The van der Waals surface area contributed by atoms with Gasteiger partial charge in [0.05, 0.1) is 18.2 Å². The van der Waals surface area contributed by atoms with Gasteiger partial charge in [0.2, 0.25) is 11.8 Å². The fourth-order valence-electron chi connectivity index (χ4n) is 3.31. The first-order valence-corrected chi connectivity index (χ1v) is 10.1. The van der Waals surface area contributed by atoms with E-state index in [4.69, 9.17) is 9.47 Å². The zero-order valence-electron chi connectivity index (χ0n) is 17.9. The summed E-state index contributed by atoms with van der Waals surface area (Å²) in [5, 5.41) is 5.91. The number of fused-ring (bicyclic) bond motifs is 1. The van der Waals surface area contributed by atoms with Crippen molar-refractivity contribution in [1.82, 2.24) is 9.97 Å². The van der Waals surface area contributed by atoms with Crippen molar-refractivity contribution in [2.24, 2.45) is 0 Å². The van der Waals surface area contributed by atoms with Crippen LogP contribution in [0.4, 0.5) is 15.8 Å². The van der Waals surface area contributed by atoms with Crippen molar-refractivity contribution in [2.45, 2.75) is 13.3 Å². The number of halogens is 1. The third kappa shape index (κ3) is 4.93. The van der Waals surface area contributed by atoms with Crippen LogP contribution >= 0.6 is 0 Å². The summed E-state index contributed by atoms with van der Waals surface area (Å²) in [4.78, 5) is 31.7. The summed E-state index contributed by atoms with van der Waals surface area (Å²) in [5.41, 5.74) is 2.12. The minimum Gasteiger partial charge on any atom is -0.495 e. The minimum absolute atomic E-state index is 0.00825. The van der Waals surface area contributed by atoms with Gasteiger partial charge in [0.25, 0.3) is 0 Å². The second-order valence-electron chi connectivity index (χ2n) is 7.22. The fourth-order valence-corrected chi connectivity index (χ4v) is 3.31. The highest BCUT2D eigenvalue weighted by molar-refractivity contribution is 6.08. The van der Waals surface area contributed by atoms with Gasteiger partial charge in [-0.25, -0.2) is 9.37 Å². The van der Waals surface area contributed by atoms with E-state index in [2.05, 4.69) is 20.6 Å². The zero-order valence-corrected chi connectivity index (χ0v) is 17.9. The molecule has 8 nitrogen and oxygen atoms in total. The van der Waals surface area contributed by atoms with E-state index >= 15 is 0 Å². The zero-order chi connectivity index (χ0) is 23.4. The van der Waals surface area contributed by atoms with E-state index in [1.54, 1.807) is 36.7 Å².